The largest absolute Gasteiger partial charge is 0.456 e. The number of allylic oxidation sites excluding steroid dienone is 2. The number of hydrogen-bond donors (Lipinski definition) is 1. The van der Waals surface area contributed by atoms with E-state index in [1.54, 1.807) is 24.3 Å². The Balaban J connectivity index is 1.64. The standard InChI is InChI=1S/C22H18ClNO2/c1-16(15-21(25)17-7-3-2-4-8-17)24-18-11-13-19(14-12-18)26-22-10-6-5-9-20(22)23/h2-15,24H,1H3. The minimum absolute atomic E-state index is 0.0331. The summed E-state index contributed by atoms with van der Waals surface area (Å²) in [4.78, 5) is 12.2. The van der Waals surface area contributed by atoms with Gasteiger partial charge < -0.3 is 10.1 Å². The van der Waals surface area contributed by atoms with Gasteiger partial charge in [-0.2, -0.15) is 0 Å². The van der Waals surface area contributed by atoms with Gasteiger partial charge in [0.05, 0.1) is 5.02 Å². The highest BCUT2D eigenvalue weighted by atomic mass is 35.5. The molecule has 0 aliphatic rings. The second kappa shape index (κ2) is 8.37. The average Bonchev–Trinajstić information content (AvgIpc) is 2.66. The Kier molecular flexibility index (Phi) is 5.72. The Hall–Kier alpha value is -3.04. The quantitative estimate of drug-likeness (QED) is 0.410. The third-order valence-corrected chi connectivity index (χ3v) is 3.98. The van der Waals surface area contributed by atoms with E-state index in [1.165, 1.54) is 0 Å². The van der Waals surface area contributed by atoms with Gasteiger partial charge >= 0.3 is 0 Å². The summed E-state index contributed by atoms with van der Waals surface area (Å²) in [6, 6.07) is 24.0. The molecule has 0 atom stereocenters. The number of carbonyl (C=O) groups is 1. The van der Waals surface area contributed by atoms with Gasteiger partial charge in [-0.15, -0.1) is 0 Å². The maximum atomic E-state index is 12.2. The number of nitrogens with one attached hydrogen (secondary N) is 1. The smallest absolute Gasteiger partial charge is 0.187 e. The molecular weight excluding hydrogens is 346 g/mol. The molecule has 0 saturated heterocycles. The van der Waals surface area contributed by atoms with Crippen molar-refractivity contribution in [2.75, 3.05) is 5.32 Å². The highest BCUT2D eigenvalue weighted by Crippen LogP contribution is 2.29. The molecule has 0 aliphatic carbocycles. The first-order chi connectivity index (χ1) is 12.6. The monoisotopic (exact) mass is 363 g/mol. The summed E-state index contributed by atoms with van der Waals surface area (Å²) in [7, 11) is 0. The lowest BCUT2D eigenvalue weighted by atomic mass is 10.1. The van der Waals surface area contributed by atoms with Crippen molar-refractivity contribution in [3.05, 3.63) is 101 Å². The van der Waals surface area contributed by atoms with E-state index in [2.05, 4.69) is 5.32 Å². The fourth-order valence-corrected chi connectivity index (χ4v) is 2.58. The third-order valence-electron chi connectivity index (χ3n) is 3.67. The van der Waals surface area contributed by atoms with Crippen LogP contribution < -0.4 is 10.1 Å². The van der Waals surface area contributed by atoms with Crippen molar-refractivity contribution >= 4 is 23.1 Å². The van der Waals surface area contributed by atoms with Crippen LogP contribution in [0.15, 0.2) is 90.6 Å². The molecule has 0 unspecified atom stereocenters. The second-order valence-corrected chi connectivity index (χ2v) is 6.15. The minimum atomic E-state index is -0.0331. The van der Waals surface area contributed by atoms with Crippen LogP contribution in [0.25, 0.3) is 0 Å². The molecule has 4 heteroatoms. The van der Waals surface area contributed by atoms with E-state index < -0.39 is 0 Å². The summed E-state index contributed by atoms with van der Waals surface area (Å²) in [5.74, 6) is 1.26. The summed E-state index contributed by atoms with van der Waals surface area (Å²) in [6.07, 6.45) is 1.59. The number of carbonyl (C=O) groups excluding carboxylic acids is 1. The van der Waals surface area contributed by atoms with Crippen LogP contribution in [-0.4, -0.2) is 5.78 Å². The molecule has 0 spiro atoms. The molecule has 0 radical (unpaired) electrons. The van der Waals surface area contributed by atoms with E-state index in [0.717, 1.165) is 11.4 Å². The van der Waals surface area contributed by atoms with E-state index in [0.29, 0.717) is 22.1 Å². The fraction of sp³-hybridized carbons (Fsp3) is 0.0455. The van der Waals surface area contributed by atoms with Crippen molar-refractivity contribution in [3.8, 4) is 11.5 Å². The first kappa shape index (κ1) is 17.8. The molecule has 3 aromatic carbocycles. The van der Waals surface area contributed by atoms with Gasteiger partial charge in [0.25, 0.3) is 0 Å². The molecule has 0 heterocycles. The molecule has 0 saturated carbocycles. The normalized spacial score (nSPS) is 11.1. The van der Waals surface area contributed by atoms with Gasteiger partial charge in [0.15, 0.2) is 5.78 Å². The van der Waals surface area contributed by atoms with Crippen LogP contribution in [0.4, 0.5) is 5.69 Å². The Morgan fingerprint density at radius 3 is 2.27 bits per heavy atom. The molecule has 26 heavy (non-hydrogen) atoms. The van der Waals surface area contributed by atoms with Gasteiger partial charge in [-0.3, -0.25) is 4.79 Å². The molecule has 0 bridgehead atoms. The summed E-state index contributed by atoms with van der Waals surface area (Å²) in [6.45, 7) is 1.86. The van der Waals surface area contributed by atoms with Crippen LogP contribution >= 0.6 is 11.6 Å². The van der Waals surface area contributed by atoms with Gasteiger partial charge in [-0.05, 0) is 43.3 Å². The van der Waals surface area contributed by atoms with Gasteiger partial charge in [0, 0.05) is 23.0 Å². The van der Waals surface area contributed by atoms with Crippen molar-refractivity contribution in [1.29, 1.82) is 0 Å². The molecule has 0 aromatic heterocycles. The Morgan fingerprint density at radius 1 is 0.923 bits per heavy atom. The maximum absolute atomic E-state index is 12.2. The van der Waals surface area contributed by atoms with Crippen molar-refractivity contribution in [3.63, 3.8) is 0 Å². The zero-order valence-electron chi connectivity index (χ0n) is 14.3. The Morgan fingerprint density at radius 2 is 1.58 bits per heavy atom. The lowest BCUT2D eigenvalue weighted by Crippen LogP contribution is -2.01. The number of halogens is 1. The van der Waals surface area contributed by atoms with Crippen molar-refractivity contribution in [2.45, 2.75) is 6.92 Å². The fourth-order valence-electron chi connectivity index (χ4n) is 2.41. The molecule has 0 aliphatic heterocycles. The topological polar surface area (TPSA) is 38.3 Å². The van der Waals surface area contributed by atoms with Crippen LogP contribution in [0.3, 0.4) is 0 Å². The molecule has 3 aromatic rings. The van der Waals surface area contributed by atoms with Gasteiger partial charge in [-0.1, -0.05) is 54.1 Å². The van der Waals surface area contributed by atoms with E-state index in [9.17, 15) is 4.79 Å². The maximum Gasteiger partial charge on any atom is 0.187 e. The minimum Gasteiger partial charge on any atom is -0.456 e. The molecule has 1 N–H and O–H groups in total. The molecule has 0 fully saturated rings. The van der Waals surface area contributed by atoms with E-state index in [1.807, 2.05) is 67.6 Å². The van der Waals surface area contributed by atoms with E-state index in [4.69, 9.17) is 16.3 Å². The number of ketones is 1. The zero-order valence-corrected chi connectivity index (χ0v) is 15.0. The zero-order chi connectivity index (χ0) is 18.4. The summed E-state index contributed by atoms with van der Waals surface area (Å²) < 4.78 is 5.76. The Bertz CT molecular complexity index is 918. The van der Waals surface area contributed by atoms with Crippen molar-refractivity contribution in [1.82, 2.24) is 0 Å². The number of ether oxygens (including phenoxy) is 1. The number of anilines is 1. The van der Waals surface area contributed by atoms with Crippen LogP contribution in [0, 0.1) is 0 Å². The second-order valence-electron chi connectivity index (χ2n) is 5.74. The first-order valence-electron chi connectivity index (χ1n) is 8.19. The van der Waals surface area contributed by atoms with Crippen LogP contribution in [0.2, 0.25) is 5.02 Å². The van der Waals surface area contributed by atoms with Crippen LogP contribution in [-0.2, 0) is 0 Å². The van der Waals surface area contributed by atoms with E-state index >= 15 is 0 Å². The third kappa shape index (κ3) is 4.74. The van der Waals surface area contributed by atoms with Gasteiger partial charge in [0.2, 0.25) is 0 Å². The summed E-state index contributed by atoms with van der Waals surface area (Å²) in [5.41, 5.74) is 2.29. The van der Waals surface area contributed by atoms with Gasteiger partial charge in [0.1, 0.15) is 11.5 Å². The number of para-hydroxylation sites is 1. The van der Waals surface area contributed by atoms with Crippen molar-refractivity contribution < 1.29 is 9.53 Å². The number of rotatable bonds is 6. The summed E-state index contributed by atoms with van der Waals surface area (Å²) >= 11 is 6.10. The number of benzene rings is 3. The molecular formula is C22H18ClNO2. The Labute approximate surface area is 157 Å². The molecule has 3 nitrogen and oxygen atoms in total. The predicted molar refractivity (Wildman–Crippen MR) is 106 cm³/mol. The lowest BCUT2D eigenvalue weighted by molar-refractivity contribution is 0.104. The van der Waals surface area contributed by atoms with E-state index in [-0.39, 0.29) is 5.78 Å². The van der Waals surface area contributed by atoms with Gasteiger partial charge in [-0.25, -0.2) is 0 Å². The molecule has 0 amide bonds. The lowest BCUT2D eigenvalue weighted by Gasteiger charge is -2.10. The number of hydrogen-bond acceptors (Lipinski definition) is 3. The highest BCUT2D eigenvalue weighted by molar-refractivity contribution is 6.32. The van der Waals surface area contributed by atoms with Crippen LogP contribution in [0.1, 0.15) is 17.3 Å². The average molecular weight is 364 g/mol. The molecule has 3 rings (SSSR count). The first-order valence-corrected chi connectivity index (χ1v) is 8.57. The van der Waals surface area contributed by atoms with Crippen LogP contribution in [0.5, 0.6) is 11.5 Å². The summed E-state index contributed by atoms with van der Waals surface area (Å²) in [5, 5.41) is 3.77. The highest BCUT2D eigenvalue weighted by Gasteiger charge is 2.04. The predicted octanol–water partition coefficient (Wildman–Crippen LogP) is 6.33. The van der Waals surface area contributed by atoms with Crippen molar-refractivity contribution in [2.24, 2.45) is 0 Å². The molecule has 130 valence electrons. The SMILES string of the molecule is CC(=CC(=O)c1ccccc1)Nc1ccc(Oc2ccccc2Cl)cc1.